The molecule has 0 atom stereocenters. The molecule has 0 amide bonds. The van der Waals surface area contributed by atoms with Crippen LogP contribution >= 0.6 is 0 Å². The number of Topliss-reactive ketones (excluding diaryl/α,β-unsaturated/α-hetero) is 1. The molecule has 0 fully saturated rings. The van der Waals surface area contributed by atoms with Gasteiger partial charge in [0.1, 0.15) is 11.5 Å². The van der Waals surface area contributed by atoms with Gasteiger partial charge < -0.3 is 9.84 Å². The van der Waals surface area contributed by atoms with E-state index in [9.17, 15) is 9.90 Å². The average Bonchev–Trinajstić information content (AvgIpc) is 2.26. The van der Waals surface area contributed by atoms with Crippen LogP contribution in [0.2, 0.25) is 0 Å². The Morgan fingerprint density at radius 2 is 2.00 bits per heavy atom. The second-order valence-electron chi connectivity index (χ2n) is 4.18. The summed E-state index contributed by atoms with van der Waals surface area (Å²) in [6.45, 7) is 5.41. The molecule has 0 aliphatic carbocycles. The monoisotopic (exact) mass is 234 g/mol. The van der Waals surface area contributed by atoms with Gasteiger partial charge in [0.2, 0.25) is 0 Å². The zero-order valence-corrected chi connectivity index (χ0v) is 10.7. The summed E-state index contributed by atoms with van der Waals surface area (Å²) in [5, 5.41) is 10.1. The van der Waals surface area contributed by atoms with E-state index < -0.39 is 0 Å². The van der Waals surface area contributed by atoms with E-state index in [0.29, 0.717) is 23.3 Å². The van der Waals surface area contributed by atoms with Gasteiger partial charge in [-0.25, -0.2) is 0 Å². The number of rotatable bonds is 4. The highest BCUT2D eigenvalue weighted by Crippen LogP contribution is 2.32. The average molecular weight is 234 g/mol. The van der Waals surface area contributed by atoms with Gasteiger partial charge in [-0.2, -0.15) is 0 Å². The van der Waals surface area contributed by atoms with Crippen molar-refractivity contribution in [3.63, 3.8) is 0 Å². The maximum Gasteiger partial charge on any atom is 0.163 e. The van der Waals surface area contributed by atoms with Gasteiger partial charge in [-0.3, -0.25) is 4.79 Å². The van der Waals surface area contributed by atoms with Crippen molar-refractivity contribution in [2.24, 2.45) is 0 Å². The summed E-state index contributed by atoms with van der Waals surface area (Å²) < 4.78 is 5.19. The molecular weight excluding hydrogens is 216 g/mol. The molecule has 3 nitrogen and oxygen atoms in total. The molecule has 0 bridgehead atoms. The number of carbonyl (C=O) groups is 1. The number of phenols is 1. The fourth-order valence-corrected chi connectivity index (χ4v) is 1.60. The Morgan fingerprint density at radius 3 is 2.47 bits per heavy atom. The topological polar surface area (TPSA) is 46.5 Å². The number of hydrogen-bond acceptors (Lipinski definition) is 3. The maximum absolute atomic E-state index is 11.3. The molecule has 17 heavy (non-hydrogen) atoms. The van der Waals surface area contributed by atoms with Gasteiger partial charge in [0.25, 0.3) is 0 Å². The minimum Gasteiger partial charge on any atom is -0.507 e. The number of phenolic OH excluding ortho intramolecular Hbond substituents is 1. The van der Waals surface area contributed by atoms with Crippen LogP contribution in [0.5, 0.6) is 11.5 Å². The summed E-state index contributed by atoms with van der Waals surface area (Å²) in [6.07, 6.45) is 2.54. The molecule has 0 spiro atoms. The van der Waals surface area contributed by atoms with Crippen LogP contribution in [0.3, 0.4) is 0 Å². The molecule has 0 heterocycles. The van der Waals surface area contributed by atoms with Crippen LogP contribution in [-0.2, 0) is 6.42 Å². The number of benzene rings is 1. The second kappa shape index (κ2) is 5.53. The van der Waals surface area contributed by atoms with Crippen LogP contribution in [-0.4, -0.2) is 18.0 Å². The van der Waals surface area contributed by atoms with Crippen molar-refractivity contribution in [2.45, 2.75) is 27.2 Å². The first-order chi connectivity index (χ1) is 7.97. The Kier molecular flexibility index (Phi) is 4.32. The number of allylic oxidation sites excluding steroid dienone is 2. The van der Waals surface area contributed by atoms with E-state index >= 15 is 0 Å². The van der Waals surface area contributed by atoms with Crippen molar-refractivity contribution in [2.75, 3.05) is 7.11 Å². The smallest absolute Gasteiger partial charge is 0.163 e. The third kappa shape index (κ3) is 3.09. The number of aromatic hydroxyl groups is 1. The first-order valence-electron chi connectivity index (χ1n) is 5.50. The largest absolute Gasteiger partial charge is 0.507 e. The van der Waals surface area contributed by atoms with Crippen molar-refractivity contribution in [3.05, 3.63) is 34.9 Å². The Morgan fingerprint density at radius 1 is 1.35 bits per heavy atom. The van der Waals surface area contributed by atoms with Gasteiger partial charge in [-0.1, -0.05) is 11.6 Å². The van der Waals surface area contributed by atoms with Gasteiger partial charge in [-0.15, -0.1) is 0 Å². The van der Waals surface area contributed by atoms with Gasteiger partial charge in [0.15, 0.2) is 5.78 Å². The van der Waals surface area contributed by atoms with E-state index in [-0.39, 0.29) is 11.5 Å². The molecule has 0 unspecified atom stereocenters. The maximum atomic E-state index is 11.3. The third-order valence-electron chi connectivity index (χ3n) is 2.55. The molecule has 1 aromatic rings. The standard InChI is InChI=1S/C14H18O3/c1-9(2)5-6-12-13(17-4)8-7-11(10(3)15)14(12)16/h5,7-8,16H,6H2,1-4H3. The summed E-state index contributed by atoms with van der Waals surface area (Å²) in [7, 11) is 1.55. The van der Waals surface area contributed by atoms with Crippen molar-refractivity contribution in [3.8, 4) is 11.5 Å². The minimum absolute atomic E-state index is 0.0225. The van der Waals surface area contributed by atoms with Crippen LogP contribution in [0, 0.1) is 0 Å². The predicted molar refractivity (Wildman–Crippen MR) is 67.8 cm³/mol. The fourth-order valence-electron chi connectivity index (χ4n) is 1.60. The number of ketones is 1. The van der Waals surface area contributed by atoms with Gasteiger partial charge in [0.05, 0.1) is 12.7 Å². The van der Waals surface area contributed by atoms with Gasteiger partial charge in [-0.05, 0) is 39.3 Å². The number of methoxy groups -OCH3 is 1. The second-order valence-corrected chi connectivity index (χ2v) is 4.18. The predicted octanol–water partition coefficient (Wildman–Crippen LogP) is 3.11. The zero-order valence-electron chi connectivity index (χ0n) is 10.7. The van der Waals surface area contributed by atoms with E-state index in [1.165, 1.54) is 6.92 Å². The first kappa shape index (κ1) is 13.3. The summed E-state index contributed by atoms with van der Waals surface area (Å²) in [4.78, 5) is 11.3. The van der Waals surface area contributed by atoms with Crippen LogP contribution in [0.1, 0.15) is 36.7 Å². The quantitative estimate of drug-likeness (QED) is 0.643. The van der Waals surface area contributed by atoms with E-state index in [2.05, 4.69) is 0 Å². The van der Waals surface area contributed by atoms with E-state index in [1.807, 2.05) is 19.9 Å². The summed E-state index contributed by atoms with van der Waals surface area (Å²) >= 11 is 0. The Labute approximate surface area is 102 Å². The number of hydrogen-bond donors (Lipinski definition) is 1. The third-order valence-corrected chi connectivity index (χ3v) is 2.55. The summed E-state index contributed by atoms with van der Waals surface area (Å²) in [5.74, 6) is 0.475. The summed E-state index contributed by atoms with van der Waals surface area (Å²) in [5.41, 5.74) is 2.14. The molecule has 0 aromatic heterocycles. The lowest BCUT2D eigenvalue weighted by atomic mass is 10.0. The van der Waals surface area contributed by atoms with E-state index in [1.54, 1.807) is 19.2 Å². The molecule has 92 valence electrons. The molecule has 0 saturated heterocycles. The number of ether oxygens (including phenoxy) is 1. The molecule has 0 aliphatic heterocycles. The molecule has 0 saturated carbocycles. The molecule has 0 aliphatic rings. The van der Waals surface area contributed by atoms with E-state index in [4.69, 9.17) is 4.74 Å². The zero-order chi connectivity index (χ0) is 13.0. The molecular formula is C14H18O3. The Balaban J connectivity index is 3.27. The fraction of sp³-hybridized carbons (Fsp3) is 0.357. The lowest BCUT2D eigenvalue weighted by molar-refractivity contribution is 0.101. The van der Waals surface area contributed by atoms with Crippen molar-refractivity contribution < 1.29 is 14.6 Å². The molecule has 3 heteroatoms. The van der Waals surface area contributed by atoms with Crippen molar-refractivity contribution in [1.82, 2.24) is 0 Å². The van der Waals surface area contributed by atoms with Crippen LogP contribution in [0.15, 0.2) is 23.8 Å². The lowest BCUT2D eigenvalue weighted by Crippen LogP contribution is -1.99. The van der Waals surface area contributed by atoms with Crippen LogP contribution in [0.4, 0.5) is 0 Å². The highest BCUT2D eigenvalue weighted by atomic mass is 16.5. The minimum atomic E-state index is -0.149. The highest BCUT2D eigenvalue weighted by molar-refractivity contribution is 5.97. The van der Waals surface area contributed by atoms with Crippen molar-refractivity contribution in [1.29, 1.82) is 0 Å². The van der Waals surface area contributed by atoms with E-state index in [0.717, 1.165) is 5.57 Å². The van der Waals surface area contributed by atoms with Crippen molar-refractivity contribution >= 4 is 5.78 Å². The Hall–Kier alpha value is -1.77. The van der Waals surface area contributed by atoms with Gasteiger partial charge in [0, 0.05) is 5.56 Å². The number of carbonyl (C=O) groups excluding carboxylic acids is 1. The molecule has 1 rings (SSSR count). The normalized spacial score (nSPS) is 9.88. The van der Waals surface area contributed by atoms with Crippen LogP contribution in [0.25, 0.3) is 0 Å². The first-order valence-corrected chi connectivity index (χ1v) is 5.50. The summed E-state index contributed by atoms with van der Waals surface area (Å²) in [6, 6.07) is 3.30. The molecule has 0 radical (unpaired) electrons. The molecule has 1 aromatic carbocycles. The highest BCUT2D eigenvalue weighted by Gasteiger charge is 2.14. The lowest BCUT2D eigenvalue weighted by Gasteiger charge is -2.11. The Bertz CT molecular complexity index is 455. The molecule has 1 N–H and O–H groups in total. The SMILES string of the molecule is COc1ccc(C(C)=O)c(O)c1CC=C(C)C. The van der Waals surface area contributed by atoms with Gasteiger partial charge >= 0.3 is 0 Å². The van der Waals surface area contributed by atoms with Crippen LogP contribution < -0.4 is 4.74 Å².